The number of hydroxylamine groups is 2. The molecule has 0 aliphatic heterocycles. The van der Waals surface area contributed by atoms with Crippen molar-refractivity contribution in [1.82, 2.24) is 5.06 Å². The summed E-state index contributed by atoms with van der Waals surface area (Å²) in [4.78, 5) is 4.70. The van der Waals surface area contributed by atoms with Gasteiger partial charge in [0.15, 0.2) is 6.29 Å². The molecule has 10 heavy (non-hydrogen) atoms. The van der Waals surface area contributed by atoms with Crippen LogP contribution in [0.2, 0.25) is 0 Å². The molecule has 5 heteroatoms. The van der Waals surface area contributed by atoms with Crippen LogP contribution in [0.1, 0.15) is 13.8 Å². The number of hydrogen-bond acceptors (Lipinski definition) is 3. The van der Waals surface area contributed by atoms with Gasteiger partial charge in [0.05, 0.1) is 0 Å². The molecular weight excluding hydrogens is 134 g/mol. The van der Waals surface area contributed by atoms with Crippen LogP contribution >= 0.6 is 0 Å². The van der Waals surface area contributed by atoms with Crippen LogP contribution in [0.3, 0.4) is 0 Å². The van der Waals surface area contributed by atoms with Crippen molar-refractivity contribution in [3.8, 4) is 0 Å². The molecule has 0 heterocycles. The number of rotatable bonds is 3. The number of nitrogens with one attached hydrogen (secondary N) is 1. The Kier molecular flexibility index (Phi) is 3.75. The fourth-order valence-electron chi connectivity index (χ4n) is 0.486. The maximum Gasteiger partial charge on any atom is 0.212 e. The molecule has 0 saturated carbocycles. The number of nitrogens with zero attached hydrogens (tertiary/aromatic N) is 1. The van der Waals surface area contributed by atoms with Gasteiger partial charge in [0.25, 0.3) is 0 Å². The Hall–Kier alpha value is -0.810. The Labute approximate surface area is 59.8 Å². The van der Waals surface area contributed by atoms with E-state index in [4.69, 9.17) is 21.1 Å². The van der Waals surface area contributed by atoms with Crippen molar-refractivity contribution in [3.63, 3.8) is 0 Å². The molecule has 0 rings (SSSR count). The maximum atomic E-state index is 8.69. The van der Waals surface area contributed by atoms with Crippen LogP contribution in [0.5, 0.6) is 0 Å². The SMILES string of the molecule is CCN(OC(C)O)C(=N)N. The monoisotopic (exact) mass is 147 g/mol. The molecule has 5 nitrogen and oxygen atoms in total. The van der Waals surface area contributed by atoms with Gasteiger partial charge in [-0.15, -0.1) is 0 Å². The molecule has 0 spiro atoms. The summed E-state index contributed by atoms with van der Waals surface area (Å²) < 4.78 is 0. The highest BCUT2D eigenvalue weighted by Gasteiger charge is 2.06. The number of aliphatic hydroxyl groups is 1. The van der Waals surface area contributed by atoms with E-state index in [1.54, 1.807) is 6.92 Å². The molecule has 0 aromatic rings. The summed E-state index contributed by atoms with van der Waals surface area (Å²) in [6.07, 6.45) is -0.927. The fourth-order valence-corrected chi connectivity index (χ4v) is 0.486. The minimum atomic E-state index is -0.927. The molecular formula is C5H13N3O2. The van der Waals surface area contributed by atoms with Crippen LogP contribution < -0.4 is 5.73 Å². The van der Waals surface area contributed by atoms with E-state index in [1.165, 1.54) is 6.92 Å². The Morgan fingerprint density at radius 1 is 1.90 bits per heavy atom. The highest BCUT2D eigenvalue weighted by atomic mass is 16.8. The van der Waals surface area contributed by atoms with Gasteiger partial charge in [-0.25, -0.2) is 9.90 Å². The number of guanidine groups is 1. The first kappa shape index (κ1) is 9.19. The first-order valence-corrected chi connectivity index (χ1v) is 3.04. The standard InChI is InChI=1S/C5H13N3O2/c1-3-8(5(6)7)10-4(2)9/h4,9H,3H2,1-2H3,(H3,6,7). The first-order chi connectivity index (χ1) is 4.57. The average Bonchev–Trinajstić information content (AvgIpc) is 1.81. The maximum absolute atomic E-state index is 8.69. The summed E-state index contributed by atoms with van der Waals surface area (Å²) in [7, 11) is 0. The van der Waals surface area contributed by atoms with Crippen molar-refractivity contribution in [1.29, 1.82) is 5.41 Å². The lowest BCUT2D eigenvalue weighted by atomic mass is 10.7. The van der Waals surface area contributed by atoms with Crippen molar-refractivity contribution in [3.05, 3.63) is 0 Å². The second-order valence-corrected chi connectivity index (χ2v) is 1.78. The zero-order chi connectivity index (χ0) is 8.15. The Morgan fingerprint density at radius 2 is 2.40 bits per heavy atom. The zero-order valence-corrected chi connectivity index (χ0v) is 6.16. The van der Waals surface area contributed by atoms with Crippen LogP contribution in [0.15, 0.2) is 0 Å². The lowest BCUT2D eigenvalue weighted by molar-refractivity contribution is -0.218. The van der Waals surface area contributed by atoms with Crippen LogP contribution in [0, 0.1) is 5.41 Å². The quantitative estimate of drug-likeness (QED) is 0.217. The molecule has 1 atom stereocenters. The largest absolute Gasteiger partial charge is 0.368 e. The summed E-state index contributed by atoms with van der Waals surface area (Å²) in [6.45, 7) is 3.66. The molecule has 0 amide bonds. The summed E-state index contributed by atoms with van der Waals surface area (Å²) in [5.74, 6) is -0.205. The molecule has 0 aromatic heterocycles. The molecule has 0 fully saturated rings. The summed E-state index contributed by atoms with van der Waals surface area (Å²) in [6, 6.07) is 0. The van der Waals surface area contributed by atoms with Gasteiger partial charge in [-0.1, -0.05) is 0 Å². The molecule has 60 valence electrons. The zero-order valence-electron chi connectivity index (χ0n) is 6.16. The smallest absolute Gasteiger partial charge is 0.212 e. The minimum absolute atomic E-state index is 0.205. The van der Waals surface area contributed by atoms with Crippen molar-refractivity contribution in [2.24, 2.45) is 5.73 Å². The van der Waals surface area contributed by atoms with Gasteiger partial charge >= 0.3 is 0 Å². The molecule has 0 bridgehead atoms. The van der Waals surface area contributed by atoms with E-state index in [-0.39, 0.29) is 5.96 Å². The molecule has 0 aromatic carbocycles. The Balaban J connectivity index is 3.72. The Bertz CT molecular complexity index is 115. The molecule has 0 aliphatic carbocycles. The summed E-state index contributed by atoms with van der Waals surface area (Å²) >= 11 is 0. The van der Waals surface area contributed by atoms with Gasteiger partial charge in [0, 0.05) is 6.54 Å². The lowest BCUT2D eigenvalue weighted by Gasteiger charge is -2.20. The second-order valence-electron chi connectivity index (χ2n) is 1.78. The van der Waals surface area contributed by atoms with E-state index in [9.17, 15) is 0 Å². The molecule has 0 saturated heterocycles. The van der Waals surface area contributed by atoms with E-state index in [0.29, 0.717) is 6.54 Å². The highest BCUT2D eigenvalue weighted by molar-refractivity contribution is 5.73. The van der Waals surface area contributed by atoms with Crippen molar-refractivity contribution in [2.45, 2.75) is 20.1 Å². The van der Waals surface area contributed by atoms with Crippen molar-refractivity contribution >= 4 is 5.96 Å². The summed E-state index contributed by atoms with van der Waals surface area (Å²) in [5.41, 5.74) is 5.07. The van der Waals surface area contributed by atoms with Gasteiger partial charge in [-0.3, -0.25) is 5.41 Å². The fraction of sp³-hybridized carbons (Fsp3) is 0.800. The van der Waals surface area contributed by atoms with E-state index < -0.39 is 6.29 Å². The van der Waals surface area contributed by atoms with Gasteiger partial charge < -0.3 is 10.8 Å². The normalized spacial score (nSPS) is 12.7. The molecule has 4 N–H and O–H groups in total. The number of nitrogens with two attached hydrogens (primary N) is 1. The average molecular weight is 147 g/mol. The third-order valence-electron chi connectivity index (χ3n) is 0.836. The van der Waals surface area contributed by atoms with Crippen LogP contribution in [0.25, 0.3) is 0 Å². The predicted molar refractivity (Wildman–Crippen MR) is 37.1 cm³/mol. The third-order valence-corrected chi connectivity index (χ3v) is 0.836. The van der Waals surface area contributed by atoms with E-state index >= 15 is 0 Å². The van der Waals surface area contributed by atoms with Crippen LogP contribution in [-0.4, -0.2) is 29.0 Å². The van der Waals surface area contributed by atoms with Crippen LogP contribution in [0.4, 0.5) is 0 Å². The highest BCUT2D eigenvalue weighted by Crippen LogP contribution is 1.91. The van der Waals surface area contributed by atoms with E-state index in [0.717, 1.165) is 5.06 Å². The molecule has 1 unspecified atom stereocenters. The van der Waals surface area contributed by atoms with Crippen molar-refractivity contribution < 1.29 is 9.94 Å². The predicted octanol–water partition coefficient (Wildman–Crippen LogP) is -0.528. The van der Waals surface area contributed by atoms with Gasteiger partial charge in [-0.2, -0.15) is 0 Å². The van der Waals surface area contributed by atoms with Crippen LogP contribution in [-0.2, 0) is 4.84 Å². The Morgan fingerprint density at radius 3 is 2.50 bits per heavy atom. The van der Waals surface area contributed by atoms with Crippen molar-refractivity contribution in [2.75, 3.05) is 6.54 Å². The first-order valence-electron chi connectivity index (χ1n) is 3.04. The van der Waals surface area contributed by atoms with Gasteiger partial charge in [0.2, 0.25) is 5.96 Å². The number of hydrogen-bond donors (Lipinski definition) is 3. The second kappa shape index (κ2) is 4.08. The third kappa shape index (κ3) is 3.26. The number of aliphatic hydroxyl groups excluding tert-OH is 1. The molecule has 0 radical (unpaired) electrons. The lowest BCUT2D eigenvalue weighted by Crippen LogP contribution is -2.38. The van der Waals surface area contributed by atoms with E-state index in [2.05, 4.69) is 0 Å². The molecule has 0 aliphatic rings. The summed E-state index contributed by atoms with van der Waals surface area (Å²) in [5, 5.41) is 16.7. The minimum Gasteiger partial charge on any atom is -0.368 e. The van der Waals surface area contributed by atoms with Gasteiger partial charge in [0.1, 0.15) is 0 Å². The topological polar surface area (TPSA) is 82.6 Å². The van der Waals surface area contributed by atoms with Gasteiger partial charge in [-0.05, 0) is 13.8 Å². The van der Waals surface area contributed by atoms with E-state index in [1.807, 2.05) is 0 Å².